The van der Waals surface area contributed by atoms with Crippen molar-refractivity contribution in [3.8, 4) is 5.75 Å². The number of rotatable bonds is 8. The molecule has 4 rings (SSSR count). The second-order valence-corrected chi connectivity index (χ2v) is 7.38. The Kier molecular flexibility index (Phi) is 6.37. The zero-order valence-electron chi connectivity index (χ0n) is 16.1. The highest BCUT2D eigenvalue weighted by atomic mass is 32.2. The number of benzene rings is 2. The Morgan fingerprint density at radius 1 is 1.10 bits per heavy atom. The van der Waals surface area contributed by atoms with Gasteiger partial charge in [0.1, 0.15) is 17.1 Å². The number of thioether (sulfide) groups is 1. The lowest BCUT2D eigenvalue weighted by Gasteiger charge is -2.11. The zero-order chi connectivity index (χ0) is 21.6. The van der Waals surface area contributed by atoms with Crippen LogP contribution in [0.15, 0.2) is 72.1 Å². The molecule has 0 atom stereocenters. The summed E-state index contributed by atoms with van der Waals surface area (Å²) in [5.74, 6) is -0.444. The fourth-order valence-electron chi connectivity index (χ4n) is 2.95. The van der Waals surface area contributed by atoms with Crippen LogP contribution in [0.1, 0.15) is 5.56 Å². The van der Waals surface area contributed by atoms with E-state index in [1.54, 1.807) is 23.0 Å². The van der Waals surface area contributed by atoms with Crippen LogP contribution in [0.5, 0.6) is 5.75 Å². The van der Waals surface area contributed by atoms with Gasteiger partial charge in [0.2, 0.25) is 5.91 Å². The minimum absolute atomic E-state index is 0.0268. The normalized spacial score (nSPS) is 11.1. The van der Waals surface area contributed by atoms with Gasteiger partial charge in [0, 0.05) is 0 Å². The van der Waals surface area contributed by atoms with Crippen LogP contribution in [0.25, 0.3) is 11.0 Å². The van der Waals surface area contributed by atoms with Crippen LogP contribution in [0.3, 0.4) is 0 Å². The Morgan fingerprint density at radius 3 is 2.68 bits per heavy atom. The number of nitrogens with zero attached hydrogens (tertiary/aromatic N) is 4. The summed E-state index contributed by atoms with van der Waals surface area (Å²) in [5, 5.41) is 8.33. The van der Waals surface area contributed by atoms with Crippen LogP contribution in [0.2, 0.25) is 0 Å². The molecule has 1 amide bonds. The van der Waals surface area contributed by atoms with Crippen molar-refractivity contribution in [3.05, 3.63) is 72.7 Å². The van der Waals surface area contributed by atoms with E-state index in [1.165, 1.54) is 30.2 Å². The maximum atomic E-state index is 12.5. The molecule has 2 aromatic heterocycles. The highest BCUT2D eigenvalue weighted by molar-refractivity contribution is 8.00. The van der Waals surface area contributed by atoms with Crippen molar-refractivity contribution in [1.82, 2.24) is 19.7 Å². The zero-order valence-corrected chi connectivity index (χ0v) is 16.9. The topological polar surface area (TPSA) is 81.9 Å². The van der Waals surface area contributed by atoms with Crippen molar-refractivity contribution in [3.63, 3.8) is 0 Å². The molecule has 4 aromatic rings. The largest absolute Gasteiger partial charge is 0.433 e. The lowest BCUT2D eigenvalue weighted by Crippen LogP contribution is -2.15. The molecule has 0 aliphatic heterocycles. The van der Waals surface area contributed by atoms with E-state index in [1.807, 2.05) is 30.3 Å². The number of amides is 1. The van der Waals surface area contributed by atoms with E-state index >= 15 is 0 Å². The molecule has 7 nitrogen and oxygen atoms in total. The molecule has 2 heterocycles. The first kappa shape index (κ1) is 20.7. The van der Waals surface area contributed by atoms with Crippen LogP contribution in [0, 0.1) is 0 Å². The molecule has 10 heteroatoms. The van der Waals surface area contributed by atoms with Crippen molar-refractivity contribution < 1.29 is 18.3 Å². The van der Waals surface area contributed by atoms with E-state index in [0.29, 0.717) is 17.2 Å². The molecule has 1 N–H and O–H groups in total. The third-order valence-electron chi connectivity index (χ3n) is 4.29. The molecule has 0 saturated carbocycles. The smallest absolute Gasteiger partial charge is 0.387 e. The van der Waals surface area contributed by atoms with E-state index in [4.69, 9.17) is 0 Å². The molecule has 2 aromatic carbocycles. The molecule has 31 heavy (non-hydrogen) atoms. The van der Waals surface area contributed by atoms with E-state index in [0.717, 1.165) is 10.9 Å². The standard InChI is InChI=1S/C21H17F2N5O2S/c22-21(23)30-17-9-5-4-8-16(17)27-18(29)12-31-20-15-10-26-28(19(15)24-13-25-20)11-14-6-2-1-3-7-14/h1-10,13,21H,11-12H2,(H,27,29). The summed E-state index contributed by atoms with van der Waals surface area (Å²) in [5.41, 5.74) is 1.93. The van der Waals surface area contributed by atoms with Crippen LogP contribution >= 0.6 is 11.8 Å². The highest BCUT2D eigenvalue weighted by Gasteiger charge is 2.14. The number of carbonyl (C=O) groups is 1. The van der Waals surface area contributed by atoms with Crippen molar-refractivity contribution in [2.45, 2.75) is 18.2 Å². The summed E-state index contributed by atoms with van der Waals surface area (Å²) in [7, 11) is 0. The van der Waals surface area contributed by atoms with Crippen molar-refractivity contribution >= 4 is 34.4 Å². The quantitative estimate of drug-likeness (QED) is 0.326. The molecule has 0 bridgehead atoms. The number of alkyl halides is 2. The Morgan fingerprint density at radius 2 is 1.87 bits per heavy atom. The fraction of sp³-hybridized carbons (Fsp3) is 0.143. The minimum Gasteiger partial charge on any atom is -0.433 e. The van der Waals surface area contributed by atoms with E-state index in [2.05, 4.69) is 25.1 Å². The van der Waals surface area contributed by atoms with Crippen LogP contribution in [-0.4, -0.2) is 38.0 Å². The summed E-state index contributed by atoms with van der Waals surface area (Å²) in [6.45, 7) is -2.42. The van der Waals surface area contributed by atoms with Crippen LogP contribution in [-0.2, 0) is 11.3 Å². The predicted octanol–water partition coefficient (Wildman–Crippen LogP) is 4.21. The second kappa shape index (κ2) is 9.52. The maximum Gasteiger partial charge on any atom is 0.387 e. The average Bonchev–Trinajstić information content (AvgIpc) is 3.17. The van der Waals surface area contributed by atoms with Gasteiger partial charge in [-0.15, -0.1) is 0 Å². The number of carbonyl (C=O) groups excluding carboxylic acids is 1. The predicted molar refractivity (Wildman–Crippen MR) is 113 cm³/mol. The van der Waals surface area contributed by atoms with Gasteiger partial charge in [-0.25, -0.2) is 14.6 Å². The maximum absolute atomic E-state index is 12.5. The summed E-state index contributed by atoms with van der Waals surface area (Å²) >= 11 is 1.21. The van der Waals surface area contributed by atoms with Gasteiger partial charge in [0.25, 0.3) is 0 Å². The van der Waals surface area contributed by atoms with Gasteiger partial charge in [-0.1, -0.05) is 54.2 Å². The molecule has 0 fully saturated rings. The number of ether oxygens (including phenoxy) is 1. The van der Waals surface area contributed by atoms with Crippen molar-refractivity contribution in [2.75, 3.05) is 11.1 Å². The molecule has 0 spiro atoms. The number of anilines is 1. The number of halogens is 2. The molecule has 158 valence electrons. The Balaban J connectivity index is 1.44. The molecule has 0 radical (unpaired) electrons. The van der Waals surface area contributed by atoms with Gasteiger partial charge < -0.3 is 10.1 Å². The first-order chi connectivity index (χ1) is 15.1. The molecule has 0 saturated heterocycles. The number of hydrogen-bond donors (Lipinski definition) is 1. The molecular formula is C21H17F2N5O2S. The van der Waals surface area contributed by atoms with Gasteiger partial charge in [-0.2, -0.15) is 13.9 Å². The SMILES string of the molecule is O=C(CSc1ncnc2c1cnn2Cc1ccccc1)Nc1ccccc1OC(F)F. The van der Waals surface area contributed by atoms with Crippen LogP contribution in [0.4, 0.5) is 14.5 Å². The minimum atomic E-state index is -2.98. The van der Waals surface area contributed by atoms with Crippen molar-refractivity contribution in [1.29, 1.82) is 0 Å². The number of fused-ring (bicyclic) bond motifs is 1. The first-order valence-electron chi connectivity index (χ1n) is 9.27. The fourth-order valence-corrected chi connectivity index (χ4v) is 3.71. The van der Waals surface area contributed by atoms with Crippen molar-refractivity contribution in [2.24, 2.45) is 0 Å². The average molecular weight is 441 g/mol. The number of aromatic nitrogens is 4. The number of nitrogens with one attached hydrogen (secondary N) is 1. The third-order valence-corrected chi connectivity index (χ3v) is 5.29. The highest BCUT2D eigenvalue weighted by Crippen LogP contribution is 2.27. The van der Waals surface area contributed by atoms with E-state index in [-0.39, 0.29) is 23.1 Å². The Labute approximate surface area is 180 Å². The summed E-state index contributed by atoms with van der Waals surface area (Å²) in [6, 6.07) is 15.9. The summed E-state index contributed by atoms with van der Waals surface area (Å²) < 4.78 is 31.3. The lowest BCUT2D eigenvalue weighted by molar-refractivity contribution is -0.113. The lowest BCUT2D eigenvalue weighted by atomic mass is 10.2. The number of para-hydroxylation sites is 2. The van der Waals surface area contributed by atoms with E-state index < -0.39 is 6.61 Å². The molecule has 0 aliphatic carbocycles. The van der Waals surface area contributed by atoms with Gasteiger partial charge in [0.15, 0.2) is 5.65 Å². The molecule has 0 unspecified atom stereocenters. The van der Waals surface area contributed by atoms with Gasteiger partial charge in [0.05, 0.1) is 29.6 Å². The molecule has 0 aliphatic rings. The third kappa shape index (κ3) is 5.15. The summed E-state index contributed by atoms with van der Waals surface area (Å²) in [4.78, 5) is 20.9. The first-order valence-corrected chi connectivity index (χ1v) is 10.3. The summed E-state index contributed by atoms with van der Waals surface area (Å²) in [6.07, 6.45) is 3.10. The van der Waals surface area contributed by atoms with Crippen LogP contribution < -0.4 is 10.1 Å². The monoisotopic (exact) mass is 441 g/mol. The van der Waals surface area contributed by atoms with E-state index in [9.17, 15) is 13.6 Å². The Bertz CT molecular complexity index is 1190. The van der Waals surface area contributed by atoms with Gasteiger partial charge in [-0.05, 0) is 17.7 Å². The van der Waals surface area contributed by atoms with Gasteiger partial charge in [-0.3, -0.25) is 4.79 Å². The Hall–Kier alpha value is -3.53. The second-order valence-electron chi connectivity index (χ2n) is 6.42. The van der Waals surface area contributed by atoms with Gasteiger partial charge >= 0.3 is 6.61 Å². The molecular weight excluding hydrogens is 424 g/mol. The number of hydrogen-bond acceptors (Lipinski definition) is 6.